The lowest BCUT2D eigenvalue weighted by Gasteiger charge is -2.12. The first-order valence-corrected chi connectivity index (χ1v) is 11.6. The molecule has 0 radical (unpaired) electrons. The zero-order valence-electron chi connectivity index (χ0n) is 20.9. The lowest BCUT2D eigenvalue weighted by Crippen LogP contribution is -2.31. The van der Waals surface area contributed by atoms with Gasteiger partial charge in [-0.05, 0) is 49.2 Å². The number of fused-ring (bicyclic) bond motifs is 1. The first-order valence-electron chi connectivity index (χ1n) is 11.6. The maximum absolute atomic E-state index is 13.7. The van der Waals surface area contributed by atoms with Gasteiger partial charge in [0, 0.05) is 16.6 Å². The van der Waals surface area contributed by atoms with Crippen LogP contribution in [0.1, 0.15) is 27.8 Å². The van der Waals surface area contributed by atoms with E-state index in [0.717, 1.165) is 28.3 Å². The molecule has 1 aromatic heterocycles. The van der Waals surface area contributed by atoms with E-state index >= 15 is 0 Å². The first kappa shape index (κ1) is 27.0. The average Bonchev–Trinajstić information content (AvgIpc) is 3.18. The van der Waals surface area contributed by atoms with Crippen LogP contribution in [-0.2, 0) is 11.0 Å². The van der Waals surface area contributed by atoms with Crippen molar-refractivity contribution in [3.05, 3.63) is 94.5 Å². The molecule has 39 heavy (non-hydrogen) atoms. The van der Waals surface area contributed by atoms with Gasteiger partial charge in [-0.3, -0.25) is 14.8 Å². The Hall–Kier alpha value is -5.00. The summed E-state index contributed by atoms with van der Waals surface area (Å²) >= 11 is 0. The van der Waals surface area contributed by atoms with E-state index in [0.29, 0.717) is 17.6 Å². The van der Waals surface area contributed by atoms with Crippen LogP contribution in [-0.4, -0.2) is 39.2 Å². The van der Waals surface area contributed by atoms with E-state index in [4.69, 9.17) is 10.9 Å². The van der Waals surface area contributed by atoms with E-state index in [1.807, 2.05) is 19.9 Å². The van der Waals surface area contributed by atoms with Gasteiger partial charge in [0.15, 0.2) is 0 Å². The van der Waals surface area contributed by atoms with Gasteiger partial charge in [0.05, 0.1) is 16.6 Å². The molecule has 0 saturated heterocycles. The second kappa shape index (κ2) is 10.8. The van der Waals surface area contributed by atoms with Crippen molar-refractivity contribution in [2.75, 3.05) is 6.54 Å². The maximum atomic E-state index is 13.7. The van der Waals surface area contributed by atoms with E-state index in [9.17, 15) is 23.1 Å². The normalized spacial score (nSPS) is 11.9. The number of hydrogen-bond donors (Lipinski definition) is 4. The largest absolute Gasteiger partial charge is 0.494 e. The monoisotopic (exact) mass is 535 g/mol. The van der Waals surface area contributed by atoms with Gasteiger partial charge >= 0.3 is 6.18 Å². The van der Waals surface area contributed by atoms with Crippen molar-refractivity contribution in [2.45, 2.75) is 20.0 Å². The van der Waals surface area contributed by atoms with Crippen LogP contribution in [0.3, 0.4) is 0 Å². The fourth-order valence-corrected chi connectivity index (χ4v) is 4.30. The number of aromatic hydroxyl groups is 1. The number of halogens is 3. The number of aryl methyl sites for hydroxylation is 2. The summed E-state index contributed by atoms with van der Waals surface area (Å²) in [5.74, 6) is -1.08. The number of rotatable bonds is 8. The van der Waals surface area contributed by atoms with E-state index in [-0.39, 0.29) is 28.1 Å². The molecule has 0 fully saturated rings. The van der Waals surface area contributed by atoms with Crippen molar-refractivity contribution < 1.29 is 23.1 Å². The Morgan fingerprint density at radius 2 is 1.74 bits per heavy atom. The van der Waals surface area contributed by atoms with E-state index in [2.05, 4.69) is 15.8 Å². The summed E-state index contributed by atoms with van der Waals surface area (Å²) in [6.45, 7) is 3.21. The lowest BCUT2D eigenvalue weighted by molar-refractivity contribution is -0.137. The van der Waals surface area contributed by atoms with E-state index < -0.39 is 24.2 Å². The molecular formula is C27H24F3N7O2. The third-order valence-electron chi connectivity index (χ3n) is 5.89. The summed E-state index contributed by atoms with van der Waals surface area (Å²) in [7, 11) is 0. The minimum absolute atomic E-state index is 0.0959. The van der Waals surface area contributed by atoms with Crippen molar-refractivity contribution in [3.63, 3.8) is 0 Å². The fourth-order valence-electron chi connectivity index (χ4n) is 4.30. The Balaban J connectivity index is 1.99. The number of benzene rings is 3. The standard InChI is InChI=1S/C27H24F3N7O2/c1-16-10-17(2)12-20(11-16)37-22-13-19(27(28,29)30)8-9-21(22)24(26(37)39)25(18-6-4-3-5-7-18)34-33-23(38)14-36(15-31)35-32/h3-13,15,31-32,39H,14H2,1-2H3,(H,33,38). The van der Waals surface area contributed by atoms with Gasteiger partial charge in [-0.25, -0.2) is 10.4 Å². The highest BCUT2D eigenvalue weighted by molar-refractivity contribution is 6.21. The molecule has 0 saturated carbocycles. The van der Waals surface area contributed by atoms with Gasteiger partial charge in [0.2, 0.25) is 5.88 Å². The van der Waals surface area contributed by atoms with Crippen molar-refractivity contribution in [1.29, 1.82) is 10.9 Å². The second-order valence-electron chi connectivity index (χ2n) is 8.80. The topological polar surface area (TPSA) is 130 Å². The second-order valence-corrected chi connectivity index (χ2v) is 8.80. The molecule has 0 aliphatic rings. The maximum Gasteiger partial charge on any atom is 0.416 e. The summed E-state index contributed by atoms with van der Waals surface area (Å²) in [6, 6.07) is 17.1. The van der Waals surface area contributed by atoms with Gasteiger partial charge < -0.3 is 5.11 Å². The van der Waals surface area contributed by atoms with Crippen LogP contribution in [0.15, 0.2) is 77.1 Å². The van der Waals surface area contributed by atoms with Crippen LogP contribution in [0.2, 0.25) is 0 Å². The summed E-state index contributed by atoms with van der Waals surface area (Å²) in [4.78, 5) is 12.4. The molecule has 0 spiro atoms. The number of alkyl halides is 3. The van der Waals surface area contributed by atoms with Crippen LogP contribution < -0.4 is 5.43 Å². The molecule has 12 heteroatoms. The van der Waals surface area contributed by atoms with Gasteiger partial charge in [-0.1, -0.05) is 47.7 Å². The highest BCUT2D eigenvalue weighted by atomic mass is 19.4. The number of aromatic nitrogens is 1. The van der Waals surface area contributed by atoms with Crippen LogP contribution >= 0.6 is 0 Å². The predicted molar refractivity (Wildman–Crippen MR) is 140 cm³/mol. The summed E-state index contributed by atoms with van der Waals surface area (Å²) in [5.41, 5.74) is 11.4. The fraction of sp³-hybridized carbons (Fsp3) is 0.148. The van der Waals surface area contributed by atoms with E-state index in [1.165, 1.54) is 10.6 Å². The van der Waals surface area contributed by atoms with Gasteiger partial charge in [-0.2, -0.15) is 23.8 Å². The van der Waals surface area contributed by atoms with Gasteiger partial charge in [0.25, 0.3) is 5.91 Å². The molecule has 0 aliphatic heterocycles. The van der Waals surface area contributed by atoms with E-state index in [1.54, 1.807) is 42.5 Å². The molecule has 4 aromatic rings. The third kappa shape index (κ3) is 5.64. The van der Waals surface area contributed by atoms with Crippen molar-refractivity contribution >= 4 is 28.9 Å². The minimum atomic E-state index is -4.62. The molecule has 0 atom stereocenters. The molecule has 4 N–H and O–H groups in total. The Morgan fingerprint density at radius 3 is 2.33 bits per heavy atom. The highest BCUT2D eigenvalue weighted by Crippen LogP contribution is 2.39. The van der Waals surface area contributed by atoms with Gasteiger partial charge in [-0.15, -0.1) is 0 Å². The number of hydrazone groups is 1. The molecular weight excluding hydrogens is 511 g/mol. The number of nitrogens with zero attached hydrogens (tertiary/aromatic N) is 4. The predicted octanol–water partition coefficient (Wildman–Crippen LogP) is 5.70. The Kier molecular flexibility index (Phi) is 7.47. The quantitative estimate of drug-likeness (QED) is 0.1000. The van der Waals surface area contributed by atoms with Crippen molar-refractivity contribution in [2.24, 2.45) is 10.3 Å². The third-order valence-corrected chi connectivity index (χ3v) is 5.89. The summed E-state index contributed by atoms with van der Waals surface area (Å²) in [5, 5.41) is 27.0. The van der Waals surface area contributed by atoms with Crippen LogP contribution in [0.4, 0.5) is 13.2 Å². The Morgan fingerprint density at radius 1 is 1.08 bits per heavy atom. The number of carbonyl (C=O) groups is 1. The molecule has 0 unspecified atom stereocenters. The zero-order chi connectivity index (χ0) is 28.3. The average molecular weight is 536 g/mol. The van der Waals surface area contributed by atoms with Crippen molar-refractivity contribution in [3.8, 4) is 11.6 Å². The Labute approximate surface area is 221 Å². The first-order chi connectivity index (χ1) is 18.5. The van der Waals surface area contributed by atoms with Crippen LogP contribution in [0.5, 0.6) is 5.88 Å². The summed E-state index contributed by atoms with van der Waals surface area (Å²) < 4.78 is 42.4. The molecule has 1 amide bonds. The van der Waals surface area contributed by atoms with Crippen molar-refractivity contribution in [1.82, 2.24) is 15.0 Å². The molecule has 9 nitrogen and oxygen atoms in total. The Bertz CT molecular complexity index is 1570. The minimum Gasteiger partial charge on any atom is -0.494 e. The molecule has 0 bridgehead atoms. The highest BCUT2D eigenvalue weighted by Gasteiger charge is 2.32. The smallest absolute Gasteiger partial charge is 0.416 e. The number of amides is 1. The molecule has 0 aliphatic carbocycles. The molecule has 3 aromatic carbocycles. The van der Waals surface area contributed by atoms with Gasteiger partial charge in [0.1, 0.15) is 18.6 Å². The number of carbonyl (C=O) groups excluding carboxylic acids is 1. The number of nitrogens with one attached hydrogen (secondary N) is 3. The van der Waals surface area contributed by atoms with Crippen LogP contribution in [0, 0.1) is 24.8 Å². The molecule has 200 valence electrons. The molecule has 4 rings (SSSR count). The SMILES string of the molecule is Cc1cc(C)cc(-n2c(O)c(C(=NNC(=O)CN(C=N)N=N)c3ccccc3)c3ccc(C(F)(F)F)cc32)c1. The van der Waals surface area contributed by atoms with Crippen LogP contribution in [0.25, 0.3) is 16.6 Å². The zero-order valence-corrected chi connectivity index (χ0v) is 20.9. The number of hydrogen-bond acceptors (Lipinski definition) is 6. The summed E-state index contributed by atoms with van der Waals surface area (Å²) in [6.07, 6.45) is -3.93. The molecule has 1 heterocycles. The lowest BCUT2D eigenvalue weighted by atomic mass is 10.0.